The van der Waals surface area contributed by atoms with Gasteiger partial charge in [-0.25, -0.2) is 9.79 Å². The first-order chi connectivity index (χ1) is 16.4. The van der Waals surface area contributed by atoms with E-state index in [1.165, 1.54) is 11.3 Å². The fourth-order valence-electron chi connectivity index (χ4n) is 3.91. The number of hydrogen-bond acceptors (Lipinski definition) is 7. The van der Waals surface area contributed by atoms with E-state index >= 15 is 0 Å². The summed E-state index contributed by atoms with van der Waals surface area (Å²) in [5.41, 5.74) is 2.29. The molecule has 1 aromatic heterocycles. The number of fused-ring (bicyclic) bond motifs is 1. The third-order valence-electron chi connectivity index (χ3n) is 5.39. The lowest BCUT2D eigenvalue weighted by Gasteiger charge is -2.24. The Labute approximate surface area is 214 Å². The van der Waals surface area contributed by atoms with Gasteiger partial charge in [0.1, 0.15) is 0 Å². The van der Waals surface area contributed by atoms with Crippen molar-refractivity contribution in [3.8, 4) is 11.5 Å². The fourth-order valence-corrected chi connectivity index (χ4v) is 5.81. The van der Waals surface area contributed by atoms with E-state index in [1.807, 2.05) is 42.5 Å². The lowest BCUT2D eigenvalue weighted by atomic mass is 9.96. The molecule has 0 saturated heterocycles. The first kappa shape index (κ1) is 24.2. The van der Waals surface area contributed by atoms with E-state index in [0.717, 1.165) is 14.7 Å². The van der Waals surface area contributed by atoms with Crippen molar-refractivity contribution in [3.05, 3.63) is 88.1 Å². The lowest BCUT2D eigenvalue weighted by Crippen LogP contribution is -2.39. The maximum Gasteiger partial charge on any atom is 0.338 e. The van der Waals surface area contributed by atoms with Crippen LogP contribution in [0.2, 0.25) is 0 Å². The van der Waals surface area contributed by atoms with E-state index in [2.05, 4.69) is 27.6 Å². The van der Waals surface area contributed by atoms with E-state index in [9.17, 15) is 9.59 Å². The molecule has 4 rings (SSSR count). The molecule has 7 nitrogen and oxygen atoms in total. The molecule has 9 heteroatoms. The van der Waals surface area contributed by atoms with Crippen LogP contribution in [0.4, 0.5) is 0 Å². The molecular weight excluding hydrogens is 567 g/mol. The molecule has 1 atom stereocenters. The lowest BCUT2D eigenvalue weighted by molar-refractivity contribution is -0.139. The molecule has 0 unspecified atom stereocenters. The van der Waals surface area contributed by atoms with Crippen molar-refractivity contribution in [1.29, 1.82) is 0 Å². The predicted molar refractivity (Wildman–Crippen MR) is 139 cm³/mol. The van der Waals surface area contributed by atoms with Gasteiger partial charge in [0.25, 0.3) is 5.56 Å². The molecule has 34 heavy (non-hydrogen) atoms. The number of ether oxygens (including phenoxy) is 3. The normalized spacial score (nSPS) is 15.6. The number of rotatable bonds is 6. The summed E-state index contributed by atoms with van der Waals surface area (Å²) in [5, 5.41) is 0. The Morgan fingerprint density at radius 2 is 1.94 bits per heavy atom. The number of allylic oxidation sites excluding steroid dienone is 1. The second kappa shape index (κ2) is 10.1. The predicted octanol–water partition coefficient (Wildman–Crippen LogP) is 3.42. The second-order valence-electron chi connectivity index (χ2n) is 7.45. The molecule has 1 aliphatic rings. The van der Waals surface area contributed by atoms with E-state index in [4.69, 9.17) is 14.2 Å². The number of methoxy groups -OCH3 is 2. The monoisotopic (exact) mass is 590 g/mol. The first-order valence-corrected chi connectivity index (χ1v) is 12.4. The summed E-state index contributed by atoms with van der Waals surface area (Å²) in [7, 11) is 3.16. The first-order valence-electron chi connectivity index (χ1n) is 10.6. The van der Waals surface area contributed by atoms with Crippen LogP contribution in [0.15, 0.2) is 63.5 Å². The van der Waals surface area contributed by atoms with Crippen molar-refractivity contribution in [2.45, 2.75) is 19.9 Å². The van der Waals surface area contributed by atoms with Crippen LogP contribution in [0.25, 0.3) is 6.08 Å². The molecule has 0 aliphatic carbocycles. The van der Waals surface area contributed by atoms with Gasteiger partial charge in [0, 0.05) is 0 Å². The summed E-state index contributed by atoms with van der Waals surface area (Å²) in [6, 6.07) is 12.6. The van der Waals surface area contributed by atoms with E-state index in [-0.39, 0.29) is 12.2 Å². The number of halogens is 1. The standard InChI is InChI=1S/C25H23IN2O5S/c1-5-33-24(30)20-14(2)27-25-28(21(20)16-9-7-6-8-10-16)23(29)19(34-25)13-15-11-17(26)22(32-4)18(12-15)31-3/h6-13,21H,5H2,1-4H3/b19-13-/t21-/m1/s1. The molecular formula is C25H23IN2O5S. The van der Waals surface area contributed by atoms with Gasteiger partial charge in [-0.3, -0.25) is 9.36 Å². The highest BCUT2D eigenvalue weighted by molar-refractivity contribution is 14.1. The van der Waals surface area contributed by atoms with Gasteiger partial charge < -0.3 is 14.2 Å². The number of nitrogens with zero attached hydrogens (tertiary/aromatic N) is 2. The number of hydrogen-bond donors (Lipinski definition) is 0. The molecule has 0 saturated carbocycles. The van der Waals surface area contributed by atoms with E-state index < -0.39 is 12.0 Å². The second-order valence-corrected chi connectivity index (χ2v) is 9.62. The van der Waals surface area contributed by atoms with Gasteiger partial charge in [0.2, 0.25) is 0 Å². The third kappa shape index (κ3) is 4.41. The maximum atomic E-state index is 13.6. The molecule has 0 spiro atoms. The van der Waals surface area contributed by atoms with Crippen molar-refractivity contribution in [2.75, 3.05) is 20.8 Å². The Balaban J connectivity index is 1.94. The van der Waals surface area contributed by atoms with E-state index in [0.29, 0.717) is 32.1 Å². The average Bonchev–Trinajstić information content (AvgIpc) is 3.12. The summed E-state index contributed by atoms with van der Waals surface area (Å²) in [4.78, 5) is 31.7. The van der Waals surface area contributed by atoms with Crippen molar-refractivity contribution < 1.29 is 19.0 Å². The molecule has 2 aromatic carbocycles. The third-order valence-corrected chi connectivity index (χ3v) is 7.17. The number of carbonyl (C=O) groups is 1. The number of aromatic nitrogens is 1. The summed E-state index contributed by atoms with van der Waals surface area (Å²) in [5.74, 6) is 0.748. The van der Waals surface area contributed by atoms with Gasteiger partial charge in [-0.2, -0.15) is 0 Å². The Kier molecular flexibility index (Phi) is 7.22. The highest BCUT2D eigenvalue weighted by Crippen LogP contribution is 2.34. The van der Waals surface area contributed by atoms with Gasteiger partial charge in [0.15, 0.2) is 16.3 Å². The largest absolute Gasteiger partial charge is 0.493 e. The van der Waals surface area contributed by atoms with Crippen LogP contribution in [0, 0.1) is 3.57 Å². The van der Waals surface area contributed by atoms with Crippen molar-refractivity contribution in [1.82, 2.24) is 4.57 Å². The van der Waals surface area contributed by atoms with Crippen LogP contribution < -0.4 is 24.4 Å². The zero-order valence-electron chi connectivity index (χ0n) is 19.1. The SMILES string of the molecule is CCOC(=O)C1=C(C)N=c2s/c(=C\c3cc(I)c(OC)c(OC)c3)c(=O)n2[C@@H]1c1ccccc1. The Morgan fingerprint density at radius 3 is 2.59 bits per heavy atom. The zero-order valence-corrected chi connectivity index (χ0v) is 22.1. The van der Waals surface area contributed by atoms with Gasteiger partial charge in [0.05, 0.1) is 46.2 Å². The summed E-state index contributed by atoms with van der Waals surface area (Å²) < 4.78 is 19.1. The summed E-state index contributed by atoms with van der Waals surface area (Å²) in [6.45, 7) is 3.76. The highest BCUT2D eigenvalue weighted by atomic mass is 127. The Bertz CT molecular complexity index is 1460. The maximum absolute atomic E-state index is 13.6. The highest BCUT2D eigenvalue weighted by Gasteiger charge is 2.33. The Morgan fingerprint density at radius 1 is 1.21 bits per heavy atom. The number of benzene rings is 2. The molecule has 176 valence electrons. The van der Waals surface area contributed by atoms with Crippen LogP contribution >= 0.6 is 33.9 Å². The molecule has 0 amide bonds. The van der Waals surface area contributed by atoms with E-state index in [1.54, 1.807) is 38.7 Å². The van der Waals surface area contributed by atoms with Crippen LogP contribution in [0.3, 0.4) is 0 Å². The molecule has 0 radical (unpaired) electrons. The van der Waals surface area contributed by atoms with Gasteiger partial charge in [-0.05, 0) is 65.8 Å². The van der Waals surface area contributed by atoms with Crippen LogP contribution in [0.1, 0.15) is 31.0 Å². The van der Waals surface area contributed by atoms with Gasteiger partial charge in [-0.1, -0.05) is 41.7 Å². The summed E-state index contributed by atoms with van der Waals surface area (Å²) in [6.07, 6.45) is 1.80. The number of thiazole rings is 1. The molecule has 0 bridgehead atoms. The molecule has 3 aromatic rings. The molecule has 0 fully saturated rings. The molecule has 1 aliphatic heterocycles. The molecule has 2 heterocycles. The minimum atomic E-state index is -0.621. The van der Waals surface area contributed by atoms with Crippen LogP contribution in [-0.2, 0) is 9.53 Å². The summed E-state index contributed by atoms with van der Waals surface area (Å²) >= 11 is 3.46. The molecule has 0 N–H and O–H groups in total. The Hall–Kier alpha value is -2.92. The average molecular weight is 590 g/mol. The van der Waals surface area contributed by atoms with Crippen LogP contribution in [0.5, 0.6) is 11.5 Å². The smallest absolute Gasteiger partial charge is 0.338 e. The zero-order chi connectivity index (χ0) is 24.4. The number of esters is 1. The van der Waals surface area contributed by atoms with Crippen molar-refractivity contribution in [3.63, 3.8) is 0 Å². The fraction of sp³-hybridized carbons (Fsp3) is 0.240. The number of carbonyl (C=O) groups excluding carboxylic acids is 1. The minimum Gasteiger partial charge on any atom is -0.493 e. The quantitative estimate of drug-likeness (QED) is 0.325. The topological polar surface area (TPSA) is 79.1 Å². The van der Waals surface area contributed by atoms with Crippen molar-refractivity contribution >= 4 is 46.0 Å². The minimum absolute atomic E-state index is 0.225. The van der Waals surface area contributed by atoms with Crippen molar-refractivity contribution in [2.24, 2.45) is 4.99 Å². The van der Waals surface area contributed by atoms with Gasteiger partial charge >= 0.3 is 5.97 Å². The van der Waals surface area contributed by atoms with Gasteiger partial charge in [-0.15, -0.1) is 0 Å². The van der Waals surface area contributed by atoms with Crippen LogP contribution in [-0.4, -0.2) is 31.4 Å².